The molecule has 2 rings (SSSR count). The average Bonchev–Trinajstić information content (AvgIpc) is 2.70. The van der Waals surface area contributed by atoms with Crippen LogP contribution in [-0.2, 0) is 21.3 Å². The molecule has 0 aliphatic carbocycles. The molecule has 0 fully saturated rings. The zero-order valence-electron chi connectivity index (χ0n) is 10.5. The first-order valence-electron chi connectivity index (χ1n) is 5.74. The quantitative estimate of drug-likeness (QED) is 0.846. The number of hydrogen-bond acceptors (Lipinski definition) is 3. The van der Waals surface area contributed by atoms with E-state index in [1.807, 2.05) is 0 Å². The lowest BCUT2D eigenvalue weighted by Gasteiger charge is -2.04. The van der Waals surface area contributed by atoms with Crippen molar-refractivity contribution in [2.45, 2.75) is 17.9 Å². The van der Waals surface area contributed by atoms with Crippen molar-refractivity contribution >= 4 is 20.9 Å². The number of rotatable bonds is 5. The highest BCUT2D eigenvalue weighted by Crippen LogP contribution is 2.27. The number of methoxy groups -OCH3 is 1. The number of benzene rings is 1. The van der Waals surface area contributed by atoms with Gasteiger partial charge in [-0.3, -0.25) is 0 Å². The summed E-state index contributed by atoms with van der Waals surface area (Å²) in [6, 6.07) is 4.42. The molecule has 0 radical (unpaired) electrons. The second kappa shape index (κ2) is 5.28. The third kappa shape index (κ3) is 2.78. The van der Waals surface area contributed by atoms with Crippen molar-refractivity contribution in [3.8, 4) is 0 Å². The van der Waals surface area contributed by atoms with Gasteiger partial charge in [0.2, 0.25) is 10.0 Å². The van der Waals surface area contributed by atoms with Gasteiger partial charge in [0, 0.05) is 26.5 Å². The second-order valence-electron chi connectivity index (χ2n) is 4.21. The van der Waals surface area contributed by atoms with Gasteiger partial charge in [-0.05, 0) is 18.6 Å². The van der Waals surface area contributed by atoms with E-state index in [-0.39, 0.29) is 10.3 Å². The Balaban J connectivity index is 2.58. The summed E-state index contributed by atoms with van der Waals surface area (Å²) in [4.78, 5) is -0.182. The first kappa shape index (κ1) is 14.0. The standard InChI is InChI=1S/C12H15FN2O3S/c1-18-7-3-6-15-8-11(19(14,16)17)12-9(13)4-2-5-10(12)15/h2,4-5,8H,3,6-7H2,1H3,(H2,14,16,17). The van der Waals surface area contributed by atoms with Crippen molar-refractivity contribution in [2.75, 3.05) is 13.7 Å². The number of nitrogens with zero attached hydrogens (tertiary/aromatic N) is 1. The van der Waals surface area contributed by atoms with E-state index in [0.29, 0.717) is 25.1 Å². The molecule has 104 valence electrons. The van der Waals surface area contributed by atoms with Crippen LogP contribution in [0, 0.1) is 5.82 Å². The Kier molecular flexibility index (Phi) is 3.88. The molecule has 7 heteroatoms. The minimum Gasteiger partial charge on any atom is -0.385 e. The van der Waals surface area contributed by atoms with Gasteiger partial charge in [0.05, 0.1) is 10.9 Å². The summed E-state index contributed by atoms with van der Waals surface area (Å²) in [5.41, 5.74) is 0.514. The van der Waals surface area contributed by atoms with Gasteiger partial charge in [-0.1, -0.05) is 6.07 Å². The van der Waals surface area contributed by atoms with Gasteiger partial charge in [0.25, 0.3) is 0 Å². The summed E-state index contributed by atoms with van der Waals surface area (Å²) >= 11 is 0. The molecule has 0 saturated heterocycles. The molecule has 0 bridgehead atoms. The van der Waals surface area contributed by atoms with Crippen LogP contribution < -0.4 is 5.14 Å². The molecule has 2 N–H and O–H groups in total. The molecular weight excluding hydrogens is 271 g/mol. The maximum absolute atomic E-state index is 13.8. The first-order chi connectivity index (χ1) is 8.95. The molecule has 0 aliphatic heterocycles. The number of sulfonamides is 1. The van der Waals surface area contributed by atoms with E-state index in [2.05, 4.69) is 0 Å². The van der Waals surface area contributed by atoms with E-state index in [4.69, 9.17) is 9.88 Å². The zero-order valence-corrected chi connectivity index (χ0v) is 11.3. The first-order valence-corrected chi connectivity index (χ1v) is 7.29. The van der Waals surface area contributed by atoms with Crippen LogP contribution in [0.5, 0.6) is 0 Å². The molecule has 5 nitrogen and oxygen atoms in total. The van der Waals surface area contributed by atoms with E-state index in [0.717, 1.165) is 0 Å². The number of fused-ring (bicyclic) bond motifs is 1. The topological polar surface area (TPSA) is 74.3 Å². The summed E-state index contributed by atoms with van der Waals surface area (Å²) in [5.74, 6) is -0.591. The van der Waals surface area contributed by atoms with Crippen molar-refractivity contribution in [1.29, 1.82) is 0 Å². The normalized spacial score (nSPS) is 12.2. The molecule has 19 heavy (non-hydrogen) atoms. The monoisotopic (exact) mass is 286 g/mol. The molecular formula is C12H15FN2O3S. The van der Waals surface area contributed by atoms with Crippen LogP contribution >= 0.6 is 0 Å². The maximum atomic E-state index is 13.8. The van der Waals surface area contributed by atoms with Crippen molar-refractivity contribution in [3.63, 3.8) is 0 Å². The third-order valence-electron chi connectivity index (χ3n) is 2.87. The van der Waals surface area contributed by atoms with E-state index < -0.39 is 15.8 Å². The van der Waals surface area contributed by atoms with Crippen LogP contribution in [-0.4, -0.2) is 26.7 Å². The minimum absolute atomic E-state index is 0.0439. The molecule has 1 aromatic carbocycles. The van der Waals surface area contributed by atoms with Crippen molar-refractivity contribution < 1.29 is 17.5 Å². The number of nitrogens with two attached hydrogens (primary N) is 1. The number of hydrogen-bond donors (Lipinski definition) is 1. The van der Waals surface area contributed by atoms with Gasteiger partial charge in [-0.25, -0.2) is 17.9 Å². The lowest BCUT2D eigenvalue weighted by molar-refractivity contribution is 0.190. The molecule has 0 amide bonds. The van der Waals surface area contributed by atoms with E-state index >= 15 is 0 Å². The predicted molar refractivity (Wildman–Crippen MR) is 69.8 cm³/mol. The second-order valence-corrected chi connectivity index (χ2v) is 5.74. The zero-order chi connectivity index (χ0) is 14.0. The SMILES string of the molecule is COCCCn1cc(S(N)(=O)=O)c2c(F)cccc21. The summed E-state index contributed by atoms with van der Waals surface area (Å²) in [7, 11) is -2.37. The Bertz CT molecular complexity index is 694. The van der Waals surface area contributed by atoms with Gasteiger partial charge in [0.15, 0.2) is 0 Å². The van der Waals surface area contributed by atoms with Crippen LogP contribution in [0.2, 0.25) is 0 Å². The van der Waals surface area contributed by atoms with Gasteiger partial charge in [-0.2, -0.15) is 0 Å². The van der Waals surface area contributed by atoms with E-state index in [1.165, 1.54) is 18.3 Å². The van der Waals surface area contributed by atoms with Crippen LogP contribution in [0.25, 0.3) is 10.9 Å². The number of aryl methyl sites for hydroxylation is 1. The Hall–Kier alpha value is -1.44. The summed E-state index contributed by atoms with van der Waals surface area (Å²) < 4.78 is 43.5. The third-order valence-corrected chi connectivity index (χ3v) is 3.80. The molecule has 0 spiro atoms. The Morgan fingerprint density at radius 3 is 2.79 bits per heavy atom. The van der Waals surface area contributed by atoms with Gasteiger partial charge in [0.1, 0.15) is 10.7 Å². The largest absolute Gasteiger partial charge is 0.385 e. The van der Waals surface area contributed by atoms with E-state index in [1.54, 1.807) is 17.7 Å². The van der Waals surface area contributed by atoms with Gasteiger partial charge >= 0.3 is 0 Å². The smallest absolute Gasteiger partial charge is 0.240 e. The predicted octanol–water partition coefficient (Wildman–Crippen LogP) is 1.46. The molecule has 0 aliphatic rings. The maximum Gasteiger partial charge on any atom is 0.240 e. The van der Waals surface area contributed by atoms with Gasteiger partial charge < -0.3 is 9.30 Å². The number of halogens is 1. The van der Waals surface area contributed by atoms with Crippen LogP contribution in [0.1, 0.15) is 6.42 Å². The molecule has 0 atom stereocenters. The van der Waals surface area contributed by atoms with Crippen molar-refractivity contribution in [1.82, 2.24) is 4.57 Å². The highest BCUT2D eigenvalue weighted by molar-refractivity contribution is 7.89. The number of aromatic nitrogens is 1. The Labute approximate surface area is 110 Å². The minimum atomic E-state index is -3.95. The molecule has 2 aromatic rings. The summed E-state index contributed by atoms with van der Waals surface area (Å²) in [6.07, 6.45) is 2.07. The fourth-order valence-corrected chi connectivity index (χ4v) is 2.81. The van der Waals surface area contributed by atoms with E-state index in [9.17, 15) is 12.8 Å². The van der Waals surface area contributed by atoms with Crippen LogP contribution in [0.3, 0.4) is 0 Å². The van der Waals surface area contributed by atoms with Crippen molar-refractivity contribution in [3.05, 3.63) is 30.2 Å². The lowest BCUT2D eigenvalue weighted by atomic mass is 10.2. The number of ether oxygens (including phenoxy) is 1. The van der Waals surface area contributed by atoms with Crippen molar-refractivity contribution in [2.24, 2.45) is 5.14 Å². The molecule has 1 heterocycles. The molecule has 1 aromatic heterocycles. The van der Waals surface area contributed by atoms with Crippen LogP contribution in [0.15, 0.2) is 29.3 Å². The molecule has 0 saturated carbocycles. The molecule has 0 unspecified atom stereocenters. The fraction of sp³-hybridized carbons (Fsp3) is 0.333. The lowest BCUT2D eigenvalue weighted by Crippen LogP contribution is -2.12. The fourth-order valence-electron chi connectivity index (χ4n) is 2.05. The Morgan fingerprint density at radius 2 is 2.16 bits per heavy atom. The highest BCUT2D eigenvalue weighted by atomic mass is 32.2. The van der Waals surface area contributed by atoms with Gasteiger partial charge in [-0.15, -0.1) is 0 Å². The van der Waals surface area contributed by atoms with Crippen LogP contribution in [0.4, 0.5) is 4.39 Å². The number of primary sulfonamides is 1. The average molecular weight is 286 g/mol. The summed E-state index contributed by atoms with van der Waals surface area (Å²) in [5, 5.41) is 5.17. The Morgan fingerprint density at radius 1 is 1.42 bits per heavy atom. The highest BCUT2D eigenvalue weighted by Gasteiger charge is 2.19. The summed E-state index contributed by atoms with van der Waals surface area (Å²) in [6.45, 7) is 1.07.